The number of aromatic nitrogens is 4. The van der Waals surface area contributed by atoms with Crippen molar-refractivity contribution in [2.24, 2.45) is 13.0 Å². The minimum Gasteiger partial charge on any atom is -0.481 e. The van der Waals surface area contributed by atoms with Gasteiger partial charge in [-0.1, -0.05) is 0 Å². The molecule has 2 aromatic rings. The van der Waals surface area contributed by atoms with Crippen molar-refractivity contribution in [3.63, 3.8) is 0 Å². The zero-order chi connectivity index (χ0) is 18.8. The predicted molar refractivity (Wildman–Crippen MR) is 103 cm³/mol. The Balaban J connectivity index is 1.87. The maximum absolute atomic E-state index is 5.42. The third kappa shape index (κ3) is 3.53. The summed E-state index contributed by atoms with van der Waals surface area (Å²) < 4.78 is 7.56. The molecule has 0 aromatic carbocycles. The van der Waals surface area contributed by atoms with Gasteiger partial charge in [-0.2, -0.15) is 4.98 Å². The molecule has 0 spiro atoms. The van der Waals surface area contributed by atoms with Crippen molar-refractivity contribution in [2.75, 3.05) is 39.2 Å². The van der Waals surface area contributed by atoms with Gasteiger partial charge in [0.25, 0.3) is 0 Å². The summed E-state index contributed by atoms with van der Waals surface area (Å²) in [6, 6.07) is 0.365. The van der Waals surface area contributed by atoms with Gasteiger partial charge in [0.15, 0.2) is 0 Å². The Bertz CT molecular complexity index is 758. The standard InChI is InChI=1S/C19H30N6O/c1-13-18(21-14(2)22-19(13)26-6)24(4)11-15-8-7-9-23(3)17(15)16-10-20-12-25(16)5/h10,12,15,17H,7-9,11H2,1-6H3/t15-,17+/m0/s1. The number of anilines is 1. The number of hydrogen-bond acceptors (Lipinski definition) is 6. The Labute approximate surface area is 156 Å². The molecule has 1 fully saturated rings. The first-order valence-electron chi connectivity index (χ1n) is 9.19. The van der Waals surface area contributed by atoms with E-state index >= 15 is 0 Å². The number of hydrogen-bond donors (Lipinski definition) is 0. The highest BCUT2D eigenvalue weighted by molar-refractivity contribution is 5.50. The van der Waals surface area contributed by atoms with Gasteiger partial charge in [0.05, 0.1) is 30.7 Å². The molecule has 2 aromatic heterocycles. The molecule has 1 saturated heterocycles. The van der Waals surface area contributed by atoms with E-state index in [4.69, 9.17) is 4.74 Å². The van der Waals surface area contributed by atoms with Gasteiger partial charge in [0.1, 0.15) is 11.6 Å². The molecular formula is C19H30N6O. The molecule has 0 aliphatic carbocycles. The number of piperidine rings is 1. The van der Waals surface area contributed by atoms with Crippen molar-refractivity contribution < 1.29 is 4.74 Å². The second-order valence-electron chi connectivity index (χ2n) is 7.37. The lowest BCUT2D eigenvalue weighted by Gasteiger charge is -2.41. The normalized spacial score (nSPS) is 21.0. The molecule has 7 nitrogen and oxygen atoms in total. The number of rotatable bonds is 5. The summed E-state index contributed by atoms with van der Waals surface area (Å²) in [5, 5.41) is 0. The zero-order valence-electron chi connectivity index (χ0n) is 16.7. The van der Waals surface area contributed by atoms with E-state index in [0.29, 0.717) is 17.8 Å². The SMILES string of the molecule is COc1nc(C)nc(N(C)C[C@@H]2CCCN(C)[C@H]2c2cncn2C)c1C. The van der Waals surface area contributed by atoms with Crippen molar-refractivity contribution in [1.29, 1.82) is 0 Å². The van der Waals surface area contributed by atoms with Crippen LogP contribution < -0.4 is 9.64 Å². The van der Waals surface area contributed by atoms with Gasteiger partial charge in [-0.3, -0.25) is 4.90 Å². The highest BCUT2D eigenvalue weighted by Gasteiger charge is 2.33. The van der Waals surface area contributed by atoms with Crippen LogP contribution in [-0.2, 0) is 7.05 Å². The molecule has 0 bridgehead atoms. The first-order valence-corrected chi connectivity index (χ1v) is 9.19. The number of imidazole rings is 1. The molecule has 0 unspecified atom stereocenters. The van der Waals surface area contributed by atoms with E-state index in [2.05, 4.69) is 50.5 Å². The van der Waals surface area contributed by atoms with Crippen LogP contribution >= 0.6 is 0 Å². The summed E-state index contributed by atoms with van der Waals surface area (Å²) in [4.78, 5) is 18.1. The fraction of sp³-hybridized carbons (Fsp3) is 0.632. The quantitative estimate of drug-likeness (QED) is 0.818. The zero-order valence-corrected chi connectivity index (χ0v) is 16.7. The number of aryl methyl sites for hydroxylation is 2. The van der Waals surface area contributed by atoms with E-state index in [0.717, 1.165) is 30.3 Å². The molecule has 7 heteroatoms. The predicted octanol–water partition coefficient (Wildman–Crippen LogP) is 2.35. The van der Waals surface area contributed by atoms with Crippen LogP contribution in [0.1, 0.15) is 36.0 Å². The van der Waals surface area contributed by atoms with Crippen molar-refractivity contribution in [2.45, 2.75) is 32.7 Å². The van der Waals surface area contributed by atoms with Crippen LogP contribution in [-0.4, -0.2) is 58.7 Å². The second-order valence-corrected chi connectivity index (χ2v) is 7.37. The monoisotopic (exact) mass is 358 g/mol. The molecule has 3 heterocycles. The van der Waals surface area contributed by atoms with Crippen LogP contribution in [0.2, 0.25) is 0 Å². The first-order chi connectivity index (χ1) is 12.4. The van der Waals surface area contributed by atoms with Gasteiger partial charge in [-0.15, -0.1) is 0 Å². The Morgan fingerprint density at radius 3 is 2.69 bits per heavy atom. The minimum atomic E-state index is 0.365. The molecule has 1 aliphatic rings. The average Bonchev–Trinajstić information content (AvgIpc) is 3.02. The van der Waals surface area contributed by atoms with Crippen molar-refractivity contribution >= 4 is 5.82 Å². The number of ether oxygens (including phenoxy) is 1. The van der Waals surface area contributed by atoms with Crippen molar-refractivity contribution in [3.05, 3.63) is 29.6 Å². The van der Waals surface area contributed by atoms with Crippen molar-refractivity contribution in [1.82, 2.24) is 24.4 Å². The van der Waals surface area contributed by atoms with Gasteiger partial charge in [-0.05, 0) is 46.2 Å². The Morgan fingerprint density at radius 1 is 1.27 bits per heavy atom. The average molecular weight is 358 g/mol. The third-order valence-corrected chi connectivity index (χ3v) is 5.41. The fourth-order valence-corrected chi connectivity index (χ4v) is 4.17. The van der Waals surface area contributed by atoms with E-state index in [-0.39, 0.29) is 0 Å². The van der Waals surface area contributed by atoms with Crippen LogP contribution in [0.25, 0.3) is 0 Å². The fourth-order valence-electron chi connectivity index (χ4n) is 4.17. The maximum atomic E-state index is 5.42. The molecule has 3 rings (SSSR count). The summed E-state index contributed by atoms with van der Waals surface area (Å²) in [5.41, 5.74) is 2.26. The topological polar surface area (TPSA) is 59.3 Å². The number of likely N-dealkylation sites (tertiary alicyclic amines) is 1. The minimum absolute atomic E-state index is 0.365. The molecule has 0 saturated carbocycles. The summed E-state index contributed by atoms with van der Waals surface area (Å²) >= 11 is 0. The van der Waals surface area contributed by atoms with Crippen LogP contribution in [0.4, 0.5) is 5.82 Å². The van der Waals surface area contributed by atoms with Gasteiger partial charge in [0.2, 0.25) is 5.88 Å². The molecule has 1 aliphatic heterocycles. The van der Waals surface area contributed by atoms with Crippen molar-refractivity contribution in [3.8, 4) is 5.88 Å². The molecule has 26 heavy (non-hydrogen) atoms. The van der Waals surface area contributed by atoms with E-state index in [1.807, 2.05) is 26.4 Å². The van der Waals surface area contributed by atoms with Crippen LogP contribution in [0.15, 0.2) is 12.5 Å². The highest BCUT2D eigenvalue weighted by Crippen LogP contribution is 2.36. The van der Waals surface area contributed by atoms with Crippen LogP contribution in [0, 0.1) is 19.8 Å². The lowest BCUT2D eigenvalue weighted by atomic mass is 9.87. The molecule has 0 N–H and O–H groups in total. The van der Waals surface area contributed by atoms with E-state index < -0.39 is 0 Å². The smallest absolute Gasteiger partial charge is 0.221 e. The second kappa shape index (κ2) is 7.61. The lowest BCUT2D eigenvalue weighted by Crippen LogP contribution is -2.42. The molecule has 142 valence electrons. The Kier molecular flexibility index (Phi) is 5.46. The first kappa shape index (κ1) is 18.6. The van der Waals surface area contributed by atoms with Gasteiger partial charge in [0, 0.05) is 26.8 Å². The summed E-state index contributed by atoms with van der Waals surface area (Å²) in [6.07, 6.45) is 6.31. The Hall–Kier alpha value is -2.15. The molecule has 0 radical (unpaired) electrons. The van der Waals surface area contributed by atoms with Gasteiger partial charge < -0.3 is 14.2 Å². The third-order valence-electron chi connectivity index (χ3n) is 5.41. The van der Waals surface area contributed by atoms with Crippen LogP contribution in [0.3, 0.4) is 0 Å². The lowest BCUT2D eigenvalue weighted by molar-refractivity contribution is 0.118. The Morgan fingerprint density at radius 2 is 2.04 bits per heavy atom. The number of nitrogens with zero attached hydrogens (tertiary/aromatic N) is 6. The van der Waals surface area contributed by atoms with Crippen LogP contribution in [0.5, 0.6) is 5.88 Å². The number of methoxy groups -OCH3 is 1. The molecule has 0 amide bonds. The van der Waals surface area contributed by atoms with Gasteiger partial charge >= 0.3 is 0 Å². The largest absolute Gasteiger partial charge is 0.481 e. The highest BCUT2D eigenvalue weighted by atomic mass is 16.5. The van der Waals surface area contributed by atoms with Gasteiger partial charge in [-0.25, -0.2) is 9.97 Å². The summed E-state index contributed by atoms with van der Waals surface area (Å²) in [6.45, 7) is 5.98. The van der Waals surface area contributed by atoms with E-state index in [1.54, 1.807) is 7.11 Å². The maximum Gasteiger partial charge on any atom is 0.221 e. The van der Waals surface area contributed by atoms with E-state index in [1.165, 1.54) is 18.5 Å². The molecular weight excluding hydrogens is 328 g/mol. The van der Waals surface area contributed by atoms with E-state index in [9.17, 15) is 0 Å². The summed E-state index contributed by atoms with van der Waals surface area (Å²) in [5.74, 6) is 2.85. The molecule has 2 atom stereocenters. The summed E-state index contributed by atoms with van der Waals surface area (Å²) in [7, 11) is 8.07.